The number of amides is 2. The molecule has 160 valence electrons. The summed E-state index contributed by atoms with van der Waals surface area (Å²) in [6, 6.07) is 4.70. The number of hydrogen-bond donors (Lipinski definition) is 3. The van der Waals surface area contributed by atoms with E-state index in [0.717, 1.165) is 0 Å². The van der Waals surface area contributed by atoms with Crippen molar-refractivity contribution >= 4 is 29.9 Å². The fraction of sp³-hybridized carbons (Fsp3) is 0.600. The first kappa shape index (κ1) is 26.2. The van der Waals surface area contributed by atoms with E-state index >= 15 is 0 Å². The number of hydrogen-bond acceptors (Lipinski definition) is 5. The Bertz CT molecular complexity index is 643. The van der Waals surface area contributed by atoms with Gasteiger partial charge in [-0.2, -0.15) is 0 Å². The molecule has 1 atom stereocenters. The minimum absolute atomic E-state index is 0. The zero-order chi connectivity index (χ0) is 20.6. The monoisotopic (exact) mass is 415 g/mol. The van der Waals surface area contributed by atoms with Gasteiger partial charge in [0.15, 0.2) is 5.78 Å². The van der Waals surface area contributed by atoms with Crippen LogP contribution in [0.5, 0.6) is 5.75 Å². The van der Waals surface area contributed by atoms with Crippen LogP contribution in [0.2, 0.25) is 0 Å². The number of carbonyl (C=O) groups excluding carboxylic acids is 2. The van der Waals surface area contributed by atoms with Crippen molar-refractivity contribution in [3.05, 3.63) is 23.8 Å². The van der Waals surface area contributed by atoms with Crippen molar-refractivity contribution in [2.24, 2.45) is 0 Å². The van der Waals surface area contributed by atoms with E-state index in [-0.39, 0.29) is 36.4 Å². The van der Waals surface area contributed by atoms with E-state index in [1.54, 1.807) is 23.1 Å². The Morgan fingerprint density at radius 2 is 1.82 bits per heavy atom. The van der Waals surface area contributed by atoms with E-state index < -0.39 is 6.10 Å². The molecular formula is C20H34ClN3O4. The van der Waals surface area contributed by atoms with Crippen molar-refractivity contribution in [1.29, 1.82) is 0 Å². The number of anilines is 1. The fourth-order valence-corrected chi connectivity index (χ4v) is 2.39. The lowest BCUT2D eigenvalue weighted by Gasteiger charge is -2.23. The molecule has 28 heavy (non-hydrogen) atoms. The van der Waals surface area contributed by atoms with Gasteiger partial charge in [-0.05, 0) is 59.7 Å². The molecule has 0 radical (unpaired) electrons. The summed E-state index contributed by atoms with van der Waals surface area (Å²) in [5, 5.41) is 16.0. The number of halogens is 1. The SMILES string of the molecule is CCN(CC)C(=O)Nc1ccc(OC[C@H](O)CNC(C)(C)C)c(C(C)=O)c1.Cl. The van der Waals surface area contributed by atoms with Gasteiger partial charge in [-0.25, -0.2) is 4.79 Å². The van der Waals surface area contributed by atoms with E-state index in [4.69, 9.17) is 4.74 Å². The highest BCUT2D eigenvalue weighted by Gasteiger charge is 2.16. The van der Waals surface area contributed by atoms with Crippen molar-refractivity contribution in [3.63, 3.8) is 0 Å². The molecule has 1 aromatic carbocycles. The van der Waals surface area contributed by atoms with Gasteiger partial charge in [-0.1, -0.05) is 0 Å². The summed E-state index contributed by atoms with van der Waals surface area (Å²) < 4.78 is 5.64. The highest BCUT2D eigenvalue weighted by molar-refractivity contribution is 5.99. The summed E-state index contributed by atoms with van der Waals surface area (Å²) in [6.45, 7) is 12.9. The minimum atomic E-state index is -0.703. The summed E-state index contributed by atoms with van der Waals surface area (Å²) in [5.74, 6) is 0.212. The van der Waals surface area contributed by atoms with Gasteiger partial charge in [-0.15, -0.1) is 12.4 Å². The maximum Gasteiger partial charge on any atom is 0.321 e. The minimum Gasteiger partial charge on any atom is -0.490 e. The zero-order valence-electron chi connectivity index (χ0n) is 17.7. The molecule has 0 bridgehead atoms. The second-order valence-corrected chi connectivity index (χ2v) is 7.47. The molecule has 0 fully saturated rings. The van der Waals surface area contributed by atoms with Crippen LogP contribution in [0.4, 0.5) is 10.5 Å². The molecule has 0 aliphatic heterocycles. The Morgan fingerprint density at radius 1 is 1.21 bits per heavy atom. The van der Waals surface area contributed by atoms with Gasteiger partial charge in [0, 0.05) is 30.9 Å². The Kier molecular flexibility index (Phi) is 11.1. The second-order valence-electron chi connectivity index (χ2n) is 7.47. The Hall–Kier alpha value is -1.83. The van der Waals surface area contributed by atoms with Gasteiger partial charge in [0.2, 0.25) is 0 Å². The molecule has 0 unspecified atom stereocenters. The Labute approximate surface area is 174 Å². The first-order chi connectivity index (χ1) is 12.6. The summed E-state index contributed by atoms with van der Waals surface area (Å²) >= 11 is 0. The summed E-state index contributed by atoms with van der Waals surface area (Å²) in [7, 11) is 0. The Balaban J connectivity index is 0.00000729. The Morgan fingerprint density at radius 3 is 2.32 bits per heavy atom. The van der Waals surface area contributed by atoms with Crippen LogP contribution in [0, 0.1) is 0 Å². The fourth-order valence-electron chi connectivity index (χ4n) is 2.39. The number of nitrogens with one attached hydrogen (secondary N) is 2. The van der Waals surface area contributed by atoms with E-state index in [1.165, 1.54) is 6.92 Å². The lowest BCUT2D eigenvalue weighted by atomic mass is 10.1. The number of Topliss-reactive ketones (excluding diaryl/α,β-unsaturated/α-hetero) is 1. The third kappa shape index (κ3) is 8.91. The highest BCUT2D eigenvalue weighted by atomic mass is 35.5. The van der Waals surface area contributed by atoms with Gasteiger partial charge in [0.25, 0.3) is 0 Å². The van der Waals surface area contributed by atoms with Gasteiger partial charge < -0.3 is 25.4 Å². The van der Waals surface area contributed by atoms with Gasteiger partial charge in [-0.3, -0.25) is 4.79 Å². The lowest BCUT2D eigenvalue weighted by Crippen LogP contribution is -2.42. The van der Waals surface area contributed by atoms with Gasteiger partial charge in [0.05, 0.1) is 5.56 Å². The molecule has 1 rings (SSSR count). The molecule has 0 aliphatic rings. The molecule has 2 amide bonds. The normalized spacial score (nSPS) is 12.0. The second kappa shape index (κ2) is 11.9. The van der Waals surface area contributed by atoms with Crippen LogP contribution >= 0.6 is 12.4 Å². The highest BCUT2D eigenvalue weighted by Crippen LogP contribution is 2.24. The molecule has 3 N–H and O–H groups in total. The number of rotatable bonds is 9. The van der Waals surface area contributed by atoms with Gasteiger partial charge >= 0.3 is 6.03 Å². The number of β-amino-alcohol motifs (C(OH)–C–C–N with tert-alkyl or cyclic N) is 1. The number of nitrogens with zero attached hydrogens (tertiary/aromatic N) is 1. The molecule has 1 aromatic rings. The molecule has 0 saturated carbocycles. The molecule has 0 spiro atoms. The standard InChI is InChI=1S/C20H33N3O4.ClH/c1-7-23(8-2)19(26)22-15-9-10-18(17(11-15)14(3)24)27-13-16(25)12-21-20(4,5)6;/h9-11,16,21,25H,7-8,12-13H2,1-6H3,(H,22,26);1H/t16-;/m1./s1. The number of aliphatic hydroxyl groups excluding tert-OH is 1. The van der Waals surface area contributed by atoms with E-state index in [9.17, 15) is 14.7 Å². The predicted molar refractivity (Wildman–Crippen MR) is 115 cm³/mol. The topological polar surface area (TPSA) is 90.9 Å². The van der Waals surface area contributed by atoms with Crippen molar-refractivity contribution < 1.29 is 19.4 Å². The number of urea groups is 1. The van der Waals surface area contributed by atoms with E-state index in [0.29, 0.717) is 36.6 Å². The van der Waals surface area contributed by atoms with Crippen LogP contribution in [0.1, 0.15) is 51.9 Å². The van der Waals surface area contributed by atoms with E-state index in [2.05, 4.69) is 10.6 Å². The lowest BCUT2D eigenvalue weighted by molar-refractivity contribution is 0.0950. The van der Waals surface area contributed by atoms with Crippen molar-refractivity contribution in [1.82, 2.24) is 10.2 Å². The molecule has 8 heteroatoms. The molecule has 7 nitrogen and oxygen atoms in total. The summed E-state index contributed by atoms with van der Waals surface area (Å²) in [6.07, 6.45) is -0.703. The maximum atomic E-state index is 12.2. The number of ketones is 1. The first-order valence-corrected chi connectivity index (χ1v) is 9.34. The van der Waals surface area contributed by atoms with Crippen LogP contribution in [0.3, 0.4) is 0 Å². The molecule has 0 saturated heterocycles. The summed E-state index contributed by atoms with van der Waals surface area (Å²) in [5.41, 5.74) is 0.790. The smallest absolute Gasteiger partial charge is 0.321 e. The quantitative estimate of drug-likeness (QED) is 0.538. The number of benzene rings is 1. The number of ether oxygens (including phenoxy) is 1. The maximum absolute atomic E-state index is 12.2. The van der Waals surface area contributed by atoms with Crippen molar-refractivity contribution in [2.45, 2.75) is 53.2 Å². The predicted octanol–water partition coefficient (Wildman–Crippen LogP) is 3.31. The largest absolute Gasteiger partial charge is 0.490 e. The molecule has 0 aromatic heterocycles. The zero-order valence-corrected chi connectivity index (χ0v) is 18.5. The molecular weight excluding hydrogens is 382 g/mol. The van der Waals surface area contributed by atoms with Crippen LogP contribution < -0.4 is 15.4 Å². The first-order valence-electron chi connectivity index (χ1n) is 9.34. The van der Waals surface area contributed by atoms with E-state index in [1.807, 2.05) is 34.6 Å². The third-order valence-electron chi connectivity index (χ3n) is 3.96. The average molecular weight is 416 g/mol. The van der Waals surface area contributed by atoms with Crippen molar-refractivity contribution in [3.8, 4) is 5.75 Å². The van der Waals surface area contributed by atoms with Crippen LogP contribution in [0.25, 0.3) is 0 Å². The van der Waals surface area contributed by atoms with Crippen molar-refractivity contribution in [2.75, 3.05) is 31.6 Å². The number of aliphatic hydroxyl groups is 1. The number of carbonyl (C=O) groups is 2. The van der Waals surface area contributed by atoms with Crippen LogP contribution in [0.15, 0.2) is 18.2 Å². The van der Waals surface area contributed by atoms with Crippen LogP contribution in [-0.2, 0) is 0 Å². The van der Waals surface area contributed by atoms with Gasteiger partial charge in [0.1, 0.15) is 18.5 Å². The third-order valence-corrected chi connectivity index (χ3v) is 3.96. The average Bonchev–Trinajstić information content (AvgIpc) is 2.59. The summed E-state index contributed by atoms with van der Waals surface area (Å²) in [4.78, 5) is 25.8. The van der Waals surface area contributed by atoms with Crippen LogP contribution in [-0.4, -0.2) is 59.7 Å². The molecule has 0 aliphatic carbocycles. The molecule has 0 heterocycles.